The highest BCUT2D eigenvalue weighted by atomic mass is 32.1. The minimum Gasteiger partial charge on any atom is -0.493 e. The predicted octanol–water partition coefficient (Wildman–Crippen LogP) is 3.42. The maximum atomic E-state index is 13.1. The molecule has 1 aromatic carbocycles. The molecule has 2 atom stereocenters. The molecule has 4 rings (SSSR count). The van der Waals surface area contributed by atoms with E-state index in [0.717, 1.165) is 48.7 Å². The van der Waals surface area contributed by atoms with Gasteiger partial charge in [-0.3, -0.25) is 4.79 Å². The Morgan fingerprint density at radius 3 is 3.09 bits per heavy atom. The van der Waals surface area contributed by atoms with Gasteiger partial charge in [0.05, 0.1) is 17.5 Å². The monoisotopic (exact) mass is 328 g/mol. The molecule has 2 aliphatic heterocycles. The predicted molar refractivity (Wildman–Crippen MR) is 90.0 cm³/mol. The van der Waals surface area contributed by atoms with Crippen molar-refractivity contribution in [3.05, 3.63) is 46.4 Å². The van der Waals surface area contributed by atoms with Gasteiger partial charge in [-0.1, -0.05) is 18.2 Å². The maximum absolute atomic E-state index is 13.1. The van der Waals surface area contributed by atoms with E-state index in [1.807, 2.05) is 40.7 Å². The number of thiazole rings is 1. The number of hydrogen-bond donors (Lipinski definition) is 0. The molecular weight excluding hydrogens is 308 g/mol. The van der Waals surface area contributed by atoms with E-state index < -0.39 is 0 Å². The first kappa shape index (κ1) is 14.7. The van der Waals surface area contributed by atoms with Gasteiger partial charge >= 0.3 is 0 Å². The van der Waals surface area contributed by atoms with Crippen molar-refractivity contribution in [1.82, 2.24) is 9.88 Å². The Labute approximate surface area is 140 Å². The van der Waals surface area contributed by atoms with Crippen molar-refractivity contribution in [2.45, 2.75) is 31.1 Å². The van der Waals surface area contributed by atoms with Crippen LogP contribution in [0.25, 0.3) is 0 Å². The lowest BCUT2D eigenvalue weighted by Gasteiger charge is -2.35. The Kier molecular flexibility index (Phi) is 4.04. The molecule has 1 amide bonds. The van der Waals surface area contributed by atoms with Gasteiger partial charge in [0.2, 0.25) is 5.91 Å². The summed E-state index contributed by atoms with van der Waals surface area (Å²) in [6.45, 7) is 2.28. The zero-order valence-corrected chi connectivity index (χ0v) is 13.8. The number of amides is 1. The molecule has 0 spiro atoms. The minimum absolute atomic E-state index is 0.0602. The number of piperidine rings is 1. The van der Waals surface area contributed by atoms with Crippen molar-refractivity contribution >= 4 is 17.2 Å². The van der Waals surface area contributed by atoms with Gasteiger partial charge < -0.3 is 9.64 Å². The van der Waals surface area contributed by atoms with E-state index in [9.17, 15) is 4.79 Å². The van der Waals surface area contributed by atoms with Crippen LogP contribution in [0.4, 0.5) is 0 Å². The highest BCUT2D eigenvalue weighted by Gasteiger charge is 2.33. The van der Waals surface area contributed by atoms with Crippen LogP contribution < -0.4 is 4.74 Å². The summed E-state index contributed by atoms with van der Waals surface area (Å²) in [6.07, 6.45) is 4.81. The molecule has 1 fully saturated rings. The number of ether oxygens (including phenoxy) is 1. The van der Waals surface area contributed by atoms with E-state index in [2.05, 4.69) is 4.98 Å². The number of rotatable bonds is 2. The van der Waals surface area contributed by atoms with Crippen LogP contribution in [-0.4, -0.2) is 35.5 Å². The Morgan fingerprint density at radius 1 is 1.30 bits per heavy atom. The molecule has 2 aliphatic rings. The van der Waals surface area contributed by atoms with Crippen molar-refractivity contribution in [2.75, 3.05) is 19.7 Å². The molecule has 2 aromatic rings. The van der Waals surface area contributed by atoms with Gasteiger partial charge in [-0.15, -0.1) is 11.3 Å². The largest absolute Gasteiger partial charge is 0.493 e. The number of carbonyl (C=O) groups is 1. The molecule has 0 N–H and O–H groups in total. The van der Waals surface area contributed by atoms with Crippen LogP contribution in [0.5, 0.6) is 5.75 Å². The van der Waals surface area contributed by atoms with E-state index in [4.69, 9.17) is 4.74 Å². The zero-order valence-electron chi connectivity index (χ0n) is 13.0. The second kappa shape index (κ2) is 6.32. The molecule has 3 heterocycles. The topological polar surface area (TPSA) is 42.4 Å². The van der Waals surface area contributed by atoms with Crippen LogP contribution in [0, 0.1) is 0 Å². The summed E-state index contributed by atoms with van der Waals surface area (Å²) in [5.74, 6) is 1.45. The smallest absolute Gasteiger partial charge is 0.230 e. The second-order valence-corrected chi connectivity index (χ2v) is 7.15. The molecule has 0 unspecified atom stereocenters. The number of nitrogens with zero attached hydrogens (tertiary/aromatic N) is 2. The van der Waals surface area contributed by atoms with Gasteiger partial charge in [0, 0.05) is 36.1 Å². The fraction of sp³-hybridized carbons (Fsp3) is 0.444. The summed E-state index contributed by atoms with van der Waals surface area (Å²) >= 11 is 1.70. The van der Waals surface area contributed by atoms with Gasteiger partial charge in [-0.2, -0.15) is 0 Å². The van der Waals surface area contributed by atoms with E-state index in [0.29, 0.717) is 12.5 Å². The number of carbonyl (C=O) groups excluding carboxylic acids is 1. The third-order valence-electron chi connectivity index (χ3n) is 4.79. The average molecular weight is 328 g/mol. The third-order valence-corrected chi connectivity index (χ3v) is 5.73. The Hall–Kier alpha value is -1.88. The molecule has 4 nitrogen and oxygen atoms in total. The summed E-state index contributed by atoms with van der Waals surface area (Å²) < 4.78 is 5.69. The fourth-order valence-electron chi connectivity index (χ4n) is 3.63. The van der Waals surface area contributed by atoms with Crippen molar-refractivity contribution < 1.29 is 9.53 Å². The summed E-state index contributed by atoms with van der Waals surface area (Å²) in [5.41, 5.74) is 1.04. The number of likely N-dealkylation sites (tertiary alicyclic amines) is 1. The molecule has 23 heavy (non-hydrogen) atoms. The molecule has 1 saturated heterocycles. The van der Waals surface area contributed by atoms with Crippen LogP contribution in [0.3, 0.4) is 0 Å². The van der Waals surface area contributed by atoms with Crippen molar-refractivity contribution in [3.8, 4) is 5.75 Å². The lowest BCUT2D eigenvalue weighted by Crippen LogP contribution is -2.42. The molecule has 0 radical (unpaired) electrons. The van der Waals surface area contributed by atoms with E-state index in [-0.39, 0.29) is 11.8 Å². The van der Waals surface area contributed by atoms with Crippen LogP contribution in [0.2, 0.25) is 0 Å². The van der Waals surface area contributed by atoms with E-state index >= 15 is 0 Å². The minimum atomic E-state index is -0.0602. The first-order valence-corrected chi connectivity index (χ1v) is 9.11. The lowest BCUT2D eigenvalue weighted by molar-refractivity contribution is -0.134. The standard InChI is InChI=1S/C18H20N2O2S/c21-18(15-7-10-22-16-6-2-1-5-14(15)16)20-9-3-4-13(12-20)17-19-8-11-23-17/h1-2,5-6,8,11,13,15H,3-4,7,9-10,12H2/t13-,15+/m1/s1. The fourth-order valence-corrected chi connectivity index (χ4v) is 4.40. The molecule has 1 aromatic heterocycles. The molecule has 120 valence electrons. The number of fused-ring (bicyclic) bond motifs is 1. The number of hydrogen-bond acceptors (Lipinski definition) is 4. The average Bonchev–Trinajstić information content (AvgIpc) is 3.15. The van der Waals surface area contributed by atoms with Crippen LogP contribution in [0.1, 0.15) is 41.7 Å². The molecule has 5 heteroatoms. The normalized spacial score (nSPS) is 23.9. The SMILES string of the molecule is O=C([C@H]1CCOc2ccccc21)N1CCC[C@@H](c2nccs2)C1. The van der Waals surface area contributed by atoms with Gasteiger partial charge in [0.1, 0.15) is 5.75 Å². The number of aromatic nitrogens is 1. The second-order valence-electron chi connectivity index (χ2n) is 6.22. The first-order valence-electron chi connectivity index (χ1n) is 8.23. The molecule has 0 aliphatic carbocycles. The number of para-hydroxylation sites is 1. The van der Waals surface area contributed by atoms with Gasteiger partial charge in [-0.25, -0.2) is 4.98 Å². The van der Waals surface area contributed by atoms with Crippen LogP contribution in [-0.2, 0) is 4.79 Å². The van der Waals surface area contributed by atoms with Gasteiger partial charge in [0.15, 0.2) is 0 Å². The summed E-state index contributed by atoms with van der Waals surface area (Å²) in [5, 5.41) is 3.18. The highest BCUT2D eigenvalue weighted by Crippen LogP contribution is 2.36. The molecule has 0 bridgehead atoms. The van der Waals surface area contributed by atoms with Gasteiger partial charge in [0.25, 0.3) is 0 Å². The van der Waals surface area contributed by atoms with Crippen LogP contribution >= 0.6 is 11.3 Å². The van der Waals surface area contributed by atoms with Gasteiger partial charge in [-0.05, 0) is 25.3 Å². The zero-order chi connectivity index (χ0) is 15.6. The van der Waals surface area contributed by atoms with E-state index in [1.165, 1.54) is 0 Å². The molecular formula is C18H20N2O2S. The highest BCUT2D eigenvalue weighted by molar-refractivity contribution is 7.09. The Balaban J connectivity index is 1.53. The molecule has 0 saturated carbocycles. The van der Waals surface area contributed by atoms with Crippen molar-refractivity contribution in [3.63, 3.8) is 0 Å². The Morgan fingerprint density at radius 2 is 2.22 bits per heavy atom. The van der Waals surface area contributed by atoms with Crippen molar-refractivity contribution in [1.29, 1.82) is 0 Å². The Bertz CT molecular complexity index is 686. The summed E-state index contributed by atoms with van der Waals surface area (Å²) in [6, 6.07) is 7.94. The third kappa shape index (κ3) is 2.85. The first-order chi connectivity index (χ1) is 11.3. The summed E-state index contributed by atoms with van der Waals surface area (Å²) in [4.78, 5) is 19.6. The maximum Gasteiger partial charge on any atom is 0.230 e. The number of benzene rings is 1. The quantitative estimate of drug-likeness (QED) is 0.848. The van der Waals surface area contributed by atoms with E-state index in [1.54, 1.807) is 11.3 Å². The van der Waals surface area contributed by atoms with Crippen molar-refractivity contribution in [2.24, 2.45) is 0 Å². The van der Waals surface area contributed by atoms with Crippen LogP contribution in [0.15, 0.2) is 35.8 Å². The lowest BCUT2D eigenvalue weighted by atomic mass is 9.90. The summed E-state index contributed by atoms with van der Waals surface area (Å²) in [7, 11) is 0.